The first-order valence-electron chi connectivity index (χ1n) is 8.36. The highest BCUT2D eigenvalue weighted by molar-refractivity contribution is 8.01. The molecule has 0 atom stereocenters. The Hall–Kier alpha value is -1.07. The van der Waals surface area contributed by atoms with Crippen molar-refractivity contribution in [2.75, 3.05) is 25.9 Å². The molecule has 1 aromatic heterocycles. The number of hydrogen-bond donors (Lipinski definition) is 0. The summed E-state index contributed by atoms with van der Waals surface area (Å²) in [6.45, 7) is 9.55. The Labute approximate surface area is 144 Å². The van der Waals surface area contributed by atoms with Crippen LogP contribution in [0.3, 0.4) is 0 Å². The van der Waals surface area contributed by atoms with E-state index in [1.54, 1.807) is 11.8 Å². The largest absolute Gasteiger partial charge is 0.342 e. The highest BCUT2D eigenvalue weighted by Gasteiger charge is 2.26. The van der Waals surface area contributed by atoms with Crippen LogP contribution in [0.25, 0.3) is 0 Å². The molecule has 0 N–H and O–H groups in total. The molecule has 0 saturated carbocycles. The van der Waals surface area contributed by atoms with Gasteiger partial charge in [-0.3, -0.25) is 14.7 Å². The molecule has 1 aliphatic heterocycles. The monoisotopic (exact) mass is 335 g/mol. The van der Waals surface area contributed by atoms with Crippen LogP contribution in [0.1, 0.15) is 39.2 Å². The molecule has 0 spiro atoms. The van der Waals surface area contributed by atoms with E-state index in [2.05, 4.69) is 42.8 Å². The maximum absolute atomic E-state index is 12.3. The van der Waals surface area contributed by atoms with Crippen molar-refractivity contribution in [1.29, 1.82) is 0 Å². The third-order valence-corrected chi connectivity index (χ3v) is 5.54. The number of piperidine rings is 1. The summed E-state index contributed by atoms with van der Waals surface area (Å²) in [4.78, 5) is 20.9. The van der Waals surface area contributed by atoms with Crippen molar-refractivity contribution in [3.05, 3.63) is 30.1 Å². The van der Waals surface area contributed by atoms with E-state index in [0.29, 0.717) is 11.8 Å². The summed E-state index contributed by atoms with van der Waals surface area (Å²) in [7, 11) is 1.97. The summed E-state index contributed by atoms with van der Waals surface area (Å²) >= 11 is 1.73. The predicted molar refractivity (Wildman–Crippen MR) is 97.5 cm³/mol. The Kier molecular flexibility index (Phi) is 6.48. The van der Waals surface area contributed by atoms with Crippen molar-refractivity contribution in [3.8, 4) is 0 Å². The first-order chi connectivity index (χ1) is 10.8. The number of thioether (sulfide) groups is 1. The average Bonchev–Trinajstić information content (AvgIpc) is 2.53. The summed E-state index contributed by atoms with van der Waals surface area (Å²) in [5.74, 6) is 0.842. The fraction of sp³-hybridized carbons (Fsp3) is 0.667. The number of pyridine rings is 1. The van der Waals surface area contributed by atoms with Gasteiger partial charge in [0.25, 0.3) is 0 Å². The standard InChI is InChI=1S/C18H29N3OS/c1-18(2,3)23-14-17(22)20(4)16-7-11-21(12-8-16)13-15-5-9-19-10-6-15/h5-6,9-10,16H,7-8,11-14H2,1-4H3. The zero-order chi connectivity index (χ0) is 16.9. The van der Waals surface area contributed by atoms with Crippen molar-refractivity contribution in [1.82, 2.24) is 14.8 Å². The van der Waals surface area contributed by atoms with Gasteiger partial charge in [-0.2, -0.15) is 0 Å². The van der Waals surface area contributed by atoms with Crippen LogP contribution in [0.15, 0.2) is 24.5 Å². The number of carbonyl (C=O) groups excluding carboxylic acids is 1. The third kappa shape index (κ3) is 6.15. The minimum absolute atomic E-state index is 0.143. The van der Waals surface area contributed by atoms with Crippen LogP contribution in [0.2, 0.25) is 0 Å². The number of rotatable bonds is 5. The van der Waals surface area contributed by atoms with Gasteiger partial charge in [-0.05, 0) is 30.5 Å². The molecule has 1 aliphatic rings. The minimum atomic E-state index is 0.143. The second-order valence-corrected chi connectivity index (χ2v) is 9.07. The lowest BCUT2D eigenvalue weighted by molar-refractivity contribution is -0.130. The minimum Gasteiger partial charge on any atom is -0.342 e. The summed E-state index contributed by atoms with van der Waals surface area (Å²) < 4.78 is 0.143. The molecule has 1 fully saturated rings. The molecule has 1 aromatic rings. The van der Waals surface area contributed by atoms with Gasteiger partial charge in [0.1, 0.15) is 0 Å². The van der Waals surface area contributed by atoms with Crippen LogP contribution in [-0.2, 0) is 11.3 Å². The van der Waals surface area contributed by atoms with Gasteiger partial charge in [0.15, 0.2) is 0 Å². The summed E-state index contributed by atoms with van der Waals surface area (Å²) in [5.41, 5.74) is 1.31. The van der Waals surface area contributed by atoms with Crippen molar-refractivity contribution in [2.45, 2.75) is 50.9 Å². The molecule has 5 heteroatoms. The number of likely N-dealkylation sites (tertiary alicyclic amines) is 1. The Bertz CT molecular complexity index is 493. The Balaban J connectivity index is 1.76. The van der Waals surface area contributed by atoms with Crippen LogP contribution < -0.4 is 0 Å². The molecule has 23 heavy (non-hydrogen) atoms. The first-order valence-corrected chi connectivity index (χ1v) is 9.34. The van der Waals surface area contributed by atoms with E-state index in [1.165, 1.54) is 5.56 Å². The summed E-state index contributed by atoms with van der Waals surface area (Å²) in [6.07, 6.45) is 5.82. The van der Waals surface area contributed by atoms with Gasteiger partial charge in [-0.1, -0.05) is 20.8 Å². The molecule has 0 aromatic carbocycles. The molecule has 0 aliphatic carbocycles. The lowest BCUT2D eigenvalue weighted by atomic mass is 10.0. The highest BCUT2D eigenvalue weighted by Crippen LogP contribution is 2.24. The van der Waals surface area contributed by atoms with Gasteiger partial charge in [-0.25, -0.2) is 0 Å². The van der Waals surface area contributed by atoms with E-state index in [9.17, 15) is 4.79 Å². The van der Waals surface area contributed by atoms with Crippen molar-refractivity contribution < 1.29 is 4.79 Å². The number of hydrogen-bond acceptors (Lipinski definition) is 4. The average molecular weight is 336 g/mol. The zero-order valence-corrected chi connectivity index (χ0v) is 15.6. The van der Waals surface area contributed by atoms with Crippen LogP contribution in [0.5, 0.6) is 0 Å². The predicted octanol–water partition coefficient (Wildman–Crippen LogP) is 3.04. The molecule has 1 saturated heterocycles. The number of carbonyl (C=O) groups is 1. The molecule has 2 heterocycles. The van der Waals surface area contributed by atoms with Crippen LogP contribution in [-0.4, -0.2) is 57.4 Å². The second-order valence-electron chi connectivity index (χ2n) is 7.27. The fourth-order valence-electron chi connectivity index (χ4n) is 2.79. The molecule has 128 valence electrons. The van der Waals surface area contributed by atoms with Gasteiger partial charge in [0.2, 0.25) is 5.91 Å². The Morgan fingerprint density at radius 1 is 1.30 bits per heavy atom. The second kappa shape index (κ2) is 8.15. The Morgan fingerprint density at radius 2 is 1.91 bits per heavy atom. The summed E-state index contributed by atoms with van der Waals surface area (Å²) in [6, 6.07) is 4.54. The topological polar surface area (TPSA) is 36.4 Å². The molecule has 2 rings (SSSR count). The van der Waals surface area contributed by atoms with E-state index in [4.69, 9.17) is 0 Å². The zero-order valence-electron chi connectivity index (χ0n) is 14.8. The lowest BCUT2D eigenvalue weighted by Gasteiger charge is -2.37. The maximum Gasteiger partial charge on any atom is 0.232 e. The number of aromatic nitrogens is 1. The van der Waals surface area contributed by atoms with Gasteiger partial charge < -0.3 is 4.90 Å². The maximum atomic E-state index is 12.3. The van der Waals surface area contributed by atoms with E-state index >= 15 is 0 Å². The molecule has 0 radical (unpaired) electrons. The van der Waals surface area contributed by atoms with Crippen LogP contribution >= 0.6 is 11.8 Å². The SMILES string of the molecule is CN(C(=O)CSC(C)(C)C)C1CCN(Cc2ccncc2)CC1. The molecular weight excluding hydrogens is 306 g/mol. The first kappa shape index (κ1) is 18.3. The van der Waals surface area contributed by atoms with Crippen molar-refractivity contribution >= 4 is 17.7 Å². The molecular formula is C18H29N3OS. The van der Waals surface area contributed by atoms with Crippen LogP contribution in [0.4, 0.5) is 0 Å². The lowest BCUT2D eigenvalue weighted by Crippen LogP contribution is -2.46. The number of amides is 1. The number of nitrogens with zero attached hydrogens (tertiary/aromatic N) is 3. The highest BCUT2D eigenvalue weighted by atomic mass is 32.2. The van der Waals surface area contributed by atoms with Gasteiger partial charge in [-0.15, -0.1) is 11.8 Å². The van der Waals surface area contributed by atoms with Crippen LogP contribution in [0, 0.1) is 0 Å². The quantitative estimate of drug-likeness (QED) is 0.829. The van der Waals surface area contributed by atoms with Gasteiger partial charge >= 0.3 is 0 Å². The smallest absolute Gasteiger partial charge is 0.232 e. The Morgan fingerprint density at radius 3 is 2.48 bits per heavy atom. The van der Waals surface area contributed by atoms with E-state index < -0.39 is 0 Å². The normalized spacial score (nSPS) is 17.2. The molecule has 4 nitrogen and oxygen atoms in total. The molecule has 0 bridgehead atoms. The van der Waals surface area contributed by atoms with E-state index in [-0.39, 0.29) is 10.7 Å². The van der Waals surface area contributed by atoms with Gasteiger partial charge in [0.05, 0.1) is 5.75 Å². The third-order valence-electron chi connectivity index (χ3n) is 4.28. The van der Waals surface area contributed by atoms with Gasteiger partial charge in [0, 0.05) is 49.9 Å². The molecule has 1 amide bonds. The van der Waals surface area contributed by atoms with Crippen molar-refractivity contribution in [3.63, 3.8) is 0 Å². The fourth-order valence-corrected chi connectivity index (χ4v) is 3.55. The molecule has 0 unspecified atom stereocenters. The van der Waals surface area contributed by atoms with E-state index in [0.717, 1.165) is 32.5 Å². The summed E-state index contributed by atoms with van der Waals surface area (Å²) in [5, 5.41) is 0. The van der Waals surface area contributed by atoms with Crippen molar-refractivity contribution in [2.24, 2.45) is 0 Å². The van der Waals surface area contributed by atoms with E-state index in [1.807, 2.05) is 24.3 Å².